The molecule has 0 bridgehead atoms. The third-order valence-electron chi connectivity index (χ3n) is 5.39. The lowest BCUT2D eigenvalue weighted by Crippen LogP contribution is -2.50. The minimum Gasteiger partial charge on any atom is -0.329 e. The highest BCUT2D eigenvalue weighted by atomic mass is 15.2. The van der Waals surface area contributed by atoms with Gasteiger partial charge in [-0.05, 0) is 44.9 Å². The Morgan fingerprint density at radius 3 is 2.28 bits per heavy atom. The van der Waals surface area contributed by atoms with Crippen molar-refractivity contribution in [2.75, 3.05) is 6.54 Å². The Bertz CT molecular complexity index is 233. The Morgan fingerprint density at radius 1 is 1.06 bits per heavy atom. The molecule has 1 saturated heterocycles. The summed E-state index contributed by atoms with van der Waals surface area (Å²) in [5.41, 5.74) is 6.17. The van der Waals surface area contributed by atoms with Gasteiger partial charge in [0.2, 0.25) is 0 Å². The van der Waals surface area contributed by atoms with Crippen molar-refractivity contribution < 1.29 is 0 Å². The normalized spacial score (nSPS) is 33.5. The highest BCUT2D eigenvalue weighted by Crippen LogP contribution is 2.35. The van der Waals surface area contributed by atoms with E-state index in [0.717, 1.165) is 24.5 Å². The van der Waals surface area contributed by atoms with Crippen LogP contribution in [0.25, 0.3) is 0 Å². The molecule has 1 aliphatic carbocycles. The Labute approximate surface area is 113 Å². The molecular formula is C16H32N2. The fourth-order valence-corrected chi connectivity index (χ4v) is 4.36. The van der Waals surface area contributed by atoms with Crippen LogP contribution in [0, 0.1) is 5.92 Å². The van der Waals surface area contributed by atoms with Gasteiger partial charge in [0.25, 0.3) is 0 Å². The second kappa shape index (κ2) is 6.91. The Morgan fingerprint density at radius 2 is 1.72 bits per heavy atom. The molecule has 0 radical (unpaired) electrons. The van der Waals surface area contributed by atoms with Crippen molar-refractivity contribution in [2.24, 2.45) is 11.7 Å². The summed E-state index contributed by atoms with van der Waals surface area (Å²) in [6, 6.07) is 2.22. The number of nitrogens with two attached hydrogens (primary N) is 1. The minimum absolute atomic E-state index is 0.658. The topological polar surface area (TPSA) is 29.3 Å². The number of hydrogen-bond acceptors (Lipinski definition) is 2. The molecule has 1 heterocycles. The average molecular weight is 252 g/mol. The molecule has 1 saturated carbocycles. The van der Waals surface area contributed by atoms with Gasteiger partial charge >= 0.3 is 0 Å². The van der Waals surface area contributed by atoms with Gasteiger partial charge in [-0.2, -0.15) is 0 Å². The van der Waals surface area contributed by atoms with Crippen molar-refractivity contribution >= 4 is 0 Å². The van der Waals surface area contributed by atoms with Crippen LogP contribution >= 0.6 is 0 Å². The van der Waals surface area contributed by atoms with E-state index in [4.69, 9.17) is 5.73 Å². The monoisotopic (exact) mass is 252 g/mol. The summed E-state index contributed by atoms with van der Waals surface area (Å²) in [5.74, 6) is 0.868. The van der Waals surface area contributed by atoms with Crippen LogP contribution in [0.2, 0.25) is 0 Å². The highest BCUT2D eigenvalue weighted by Gasteiger charge is 2.37. The van der Waals surface area contributed by atoms with Crippen molar-refractivity contribution in [2.45, 2.75) is 89.8 Å². The molecular weight excluding hydrogens is 220 g/mol. The molecule has 3 atom stereocenters. The standard InChI is InChI=1S/C16H32N2/c1-3-15-11-10-13(2)18(15)16(12-17)14-8-6-4-5-7-9-14/h13-16H,3-12,17H2,1-2H3. The molecule has 2 aliphatic rings. The van der Waals surface area contributed by atoms with Crippen LogP contribution in [0.5, 0.6) is 0 Å². The number of nitrogens with zero attached hydrogens (tertiary/aromatic N) is 1. The van der Waals surface area contributed by atoms with Gasteiger partial charge in [-0.3, -0.25) is 4.90 Å². The molecule has 2 nitrogen and oxygen atoms in total. The average Bonchev–Trinajstić information content (AvgIpc) is 2.60. The fraction of sp³-hybridized carbons (Fsp3) is 1.00. The van der Waals surface area contributed by atoms with E-state index in [1.54, 1.807) is 0 Å². The number of hydrogen-bond donors (Lipinski definition) is 1. The Kier molecular flexibility index (Phi) is 5.50. The summed E-state index contributed by atoms with van der Waals surface area (Å²) in [4.78, 5) is 2.80. The first-order chi connectivity index (χ1) is 8.77. The van der Waals surface area contributed by atoms with Gasteiger partial charge in [-0.1, -0.05) is 32.6 Å². The molecule has 0 aromatic carbocycles. The van der Waals surface area contributed by atoms with Crippen LogP contribution in [0.4, 0.5) is 0 Å². The molecule has 18 heavy (non-hydrogen) atoms. The maximum Gasteiger partial charge on any atom is 0.0252 e. The maximum absolute atomic E-state index is 6.17. The molecule has 0 spiro atoms. The van der Waals surface area contributed by atoms with Crippen LogP contribution in [0.15, 0.2) is 0 Å². The van der Waals surface area contributed by atoms with Gasteiger partial charge in [0.15, 0.2) is 0 Å². The predicted molar refractivity (Wildman–Crippen MR) is 78.6 cm³/mol. The van der Waals surface area contributed by atoms with E-state index in [1.165, 1.54) is 57.8 Å². The predicted octanol–water partition coefficient (Wildman–Crippen LogP) is 3.55. The third kappa shape index (κ3) is 3.08. The zero-order chi connectivity index (χ0) is 13.0. The van der Waals surface area contributed by atoms with E-state index in [9.17, 15) is 0 Å². The molecule has 2 N–H and O–H groups in total. The molecule has 2 rings (SSSR count). The number of rotatable bonds is 4. The van der Waals surface area contributed by atoms with E-state index < -0.39 is 0 Å². The molecule has 0 amide bonds. The lowest BCUT2D eigenvalue weighted by atomic mass is 9.89. The molecule has 3 unspecified atom stereocenters. The zero-order valence-electron chi connectivity index (χ0n) is 12.4. The molecule has 1 aliphatic heterocycles. The quantitative estimate of drug-likeness (QED) is 0.775. The second-order valence-electron chi connectivity index (χ2n) is 6.49. The highest BCUT2D eigenvalue weighted by molar-refractivity contribution is 4.93. The van der Waals surface area contributed by atoms with Crippen LogP contribution < -0.4 is 5.73 Å². The Hall–Kier alpha value is -0.0800. The third-order valence-corrected chi connectivity index (χ3v) is 5.39. The van der Waals surface area contributed by atoms with Crippen molar-refractivity contribution in [3.05, 3.63) is 0 Å². The minimum atomic E-state index is 0.658. The molecule has 0 aromatic rings. The lowest BCUT2D eigenvalue weighted by Gasteiger charge is -2.40. The Balaban J connectivity index is 2.05. The van der Waals surface area contributed by atoms with E-state index in [2.05, 4.69) is 18.7 Å². The van der Waals surface area contributed by atoms with E-state index in [0.29, 0.717) is 6.04 Å². The van der Waals surface area contributed by atoms with Crippen molar-refractivity contribution in [1.82, 2.24) is 4.90 Å². The zero-order valence-corrected chi connectivity index (χ0v) is 12.4. The first-order valence-corrected chi connectivity index (χ1v) is 8.25. The smallest absolute Gasteiger partial charge is 0.0252 e. The number of likely N-dealkylation sites (tertiary alicyclic amines) is 1. The van der Waals surface area contributed by atoms with Crippen LogP contribution in [0.3, 0.4) is 0 Å². The van der Waals surface area contributed by atoms with Gasteiger partial charge in [-0.25, -0.2) is 0 Å². The molecule has 0 aromatic heterocycles. The van der Waals surface area contributed by atoms with Crippen molar-refractivity contribution in [3.63, 3.8) is 0 Å². The van der Waals surface area contributed by atoms with Gasteiger partial charge in [0.1, 0.15) is 0 Å². The van der Waals surface area contributed by atoms with Crippen LogP contribution in [0.1, 0.15) is 71.6 Å². The summed E-state index contributed by atoms with van der Waals surface area (Å²) in [5, 5.41) is 0. The van der Waals surface area contributed by atoms with Gasteiger partial charge in [0, 0.05) is 24.7 Å². The van der Waals surface area contributed by atoms with Gasteiger partial charge in [-0.15, -0.1) is 0 Å². The van der Waals surface area contributed by atoms with E-state index >= 15 is 0 Å². The van der Waals surface area contributed by atoms with Crippen molar-refractivity contribution in [1.29, 1.82) is 0 Å². The summed E-state index contributed by atoms with van der Waals surface area (Å²) in [7, 11) is 0. The fourth-order valence-electron chi connectivity index (χ4n) is 4.36. The van der Waals surface area contributed by atoms with Crippen LogP contribution in [-0.2, 0) is 0 Å². The first kappa shape index (κ1) is 14.3. The summed E-state index contributed by atoms with van der Waals surface area (Å²) in [6.45, 7) is 5.62. The summed E-state index contributed by atoms with van der Waals surface area (Å²) >= 11 is 0. The van der Waals surface area contributed by atoms with Crippen LogP contribution in [-0.4, -0.2) is 29.6 Å². The SMILES string of the molecule is CCC1CCC(C)N1C(CN)C1CCCCCC1. The van der Waals surface area contributed by atoms with Gasteiger partial charge < -0.3 is 5.73 Å². The molecule has 2 heteroatoms. The van der Waals surface area contributed by atoms with E-state index in [1.807, 2.05) is 0 Å². The summed E-state index contributed by atoms with van der Waals surface area (Å²) < 4.78 is 0. The first-order valence-electron chi connectivity index (χ1n) is 8.25. The largest absolute Gasteiger partial charge is 0.329 e. The maximum atomic E-state index is 6.17. The second-order valence-corrected chi connectivity index (χ2v) is 6.49. The summed E-state index contributed by atoms with van der Waals surface area (Å²) in [6.07, 6.45) is 12.7. The van der Waals surface area contributed by atoms with Gasteiger partial charge in [0.05, 0.1) is 0 Å². The molecule has 2 fully saturated rings. The van der Waals surface area contributed by atoms with E-state index in [-0.39, 0.29) is 0 Å². The lowest BCUT2D eigenvalue weighted by molar-refractivity contribution is 0.0873. The molecule has 106 valence electrons. The van der Waals surface area contributed by atoms with Crippen molar-refractivity contribution in [3.8, 4) is 0 Å².